The van der Waals surface area contributed by atoms with Gasteiger partial charge in [-0.15, -0.1) is 11.6 Å². The average molecular weight is 189 g/mol. The summed E-state index contributed by atoms with van der Waals surface area (Å²) in [7, 11) is 0. The van der Waals surface area contributed by atoms with Crippen molar-refractivity contribution in [3.8, 4) is 0 Å². The molecule has 0 heterocycles. The van der Waals surface area contributed by atoms with Crippen molar-refractivity contribution in [1.82, 2.24) is 0 Å². The van der Waals surface area contributed by atoms with E-state index in [4.69, 9.17) is 22.8 Å². The van der Waals surface area contributed by atoms with Crippen LogP contribution in [-0.4, -0.2) is 17.7 Å². The molecule has 1 nitrogen and oxygen atoms in total. The van der Waals surface area contributed by atoms with Crippen LogP contribution in [0.3, 0.4) is 0 Å². The lowest BCUT2D eigenvalue weighted by Crippen LogP contribution is -2.02. The normalized spacial score (nSPS) is 20.9. The molecule has 0 saturated carbocycles. The summed E-state index contributed by atoms with van der Waals surface area (Å²) in [6.07, 6.45) is 0.530. The first-order valence-corrected chi connectivity index (χ1v) is 6.29. The van der Waals surface area contributed by atoms with Crippen molar-refractivity contribution in [1.29, 1.82) is 0 Å². The minimum atomic E-state index is -2.42. The fraction of sp³-hybridized carbons (Fsp3) is 1.00. The van der Waals surface area contributed by atoms with Crippen LogP contribution in [0.1, 0.15) is 13.8 Å². The molecule has 2 unspecified atom stereocenters. The lowest BCUT2D eigenvalue weighted by molar-refractivity contribution is 0.579. The van der Waals surface area contributed by atoms with E-state index in [-0.39, 0.29) is 5.66 Å². The third kappa shape index (κ3) is 2.93. The quantitative estimate of drug-likeness (QED) is 0.492. The molecule has 0 aromatic rings. The first kappa shape index (κ1) is 9.81. The summed E-state index contributed by atoms with van der Waals surface area (Å²) in [6.45, 7) is 1.20. The van der Waals surface area contributed by atoms with Gasteiger partial charge in [0.2, 0.25) is 0 Å². The summed E-state index contributed by atoms with van der Waals surface area (Å²) >= 11 is 11.1. The highest BCUT2D eigenvalue weighted by Crippen LogP contribution is 2.55. The molecule has 0 aromatic heterocycles. The predicted octanol–water partition coefficient (Wildman–Crippen LogP) is 3.15. The SMILES string of the molecule is CCP(=O)(Cl)C(C)CCl. The molecule has 0 aliphatic rings. The highest BCUT2D eigenvalue weighted by molar-refractivity contribution is 7.89. The smallest absolute Gasteiger partial charge is 0.173 e. The molecular formula is C5H11Cl2OP. The van der Waals surface area contributed by atoms with Crippen LogP contribution in [0.5, 0.6) is 0 Å². The van der Waals surface area contributed by atoms with Crippen molar-refractivity contribution < 1.29 is 4.57 Å². The molecule has 0 bridgehead atoms. The Morgan fingerprint density at radius 3 is 2.22 bits per heavy atom. The maximum atomic E-state index is 11.2. The van der Waals surface area contributed by atoms with Crippen molar-refractivity contribution in [2.24, 2.45) is 0 Å². The lowest BCUT2D eigenvalue weighted by atomic mass is 10.6. The van der Waals surface area contributed by atoms with Gasteiger partial charge in [-0.3, -0.25) is 0 Å². The van der Waals surface area contributed by atoms with Crippen LogP contribution in [0.4, 0.5) is 0 Å². The number of hydrogen-bond acceptors (Lipinski definition) is 1. The Morgan fingerprint density at radius 2 is 2.11 bits per heavy atom. The van der Waals surface area contributed by atoms with E-state index >= 15 is 0 Å². The Balaban J connectivity index is 3.98. The summed E-state index contributed by atoms with van der Waals surface area (Å²) in [6, 6.07) is 0. The number of halogens is 2. The van der Waals surface area contributed by atoms with E-state index in [1.54, 1.807) is 0 Å². The molecule has 0 aliphatic heterocycles. The zero-order valence-electron chi connectivity index (χ0n) is 5.60. The molecule has 0 fully saturated rings. The second kappa shape index (κ2) is 3.85. The monoisotopic (exact) mass is 188 g/mol. The van der Waals surface area contributed by atoms with Crippen molar-refractivity contribution in [2.45, 2.75) is 19.5 Å². The molecule has 0 spiro atoms. The maximum Gasteiger partial charge on any atom is 0.173 e. The molecule has 56 valence electrons. The molecule has 2 atom stereocenters. The Hall–Kier alpha value is 0.810. The van der Waals surface area contributed by atoms with Gasteiger partial charge in [-0.05, 0) is 0 Å². The van der Waals surface area contributed by atoms with Gasteiger partial charge in [0.15, 0.2) is 6.49 Å². The maximum absolute atomic E-state index is 11.2. The Kier molecular flexibility index (Phi) is 4.20. The average Bonchev–Trinajstić information content (AvgIpc) is 1.86. The predicted molar refractivity (Wildman–Crippen MR) is 44.2 cm³/mol. The zero-order chi connectivity index (χ0) is 7.49. The van der Waals surface area contributed by atoms with E-state index in [0.29, 0.717) is 12.0 Å². The van der Waals surface area contributed by atoms with Crippen LogP contribution in [0.25, 0.3) is 0 Å². The third-order valence-electron chi connectivity index (χ3n) is 1.31. The molecule has 0 aromatic carbocycles. The summed E-state index contributed by atoms with van der Waals surface area (Å²) in [5, 5.41) is 0. The number of alkyl halides is 1. The topological polar surface area (TPSA) is 17.1 Å². The van der Waals surface area contributed by atoms with E-state index in [2.05, 4.69) is 0 Å². The van der Waals surface area contributed by atoms with Gasteiger partial charge in [-0.1, -0.05) is 25.1 Å². The van der Waals surface area contributed by atoms with Crippen LogP contribution in [-0.2, 0) is 4.57 Å². The lowest BCUT2D eigenvalue weighted by Gasteiger charge is -2.12. The fourth-order valence-electron chi connectivity index (χ4n) is 0.415. The van der Waals surface area contributed by atoms with Gasteiger partial charge in [0.1, 0.15) is 0 Å². The van der Waals surface area contributed by atoms with Gasteiger partial charge >= 0.3 is 0 Å². The van der Waals surface area contributed by atoms with Crippen molar-refractivity contribution >= 4 is 29.3 Å². The molecule has 0 radical (unpaired) electrons. The minimum Gasteiger partial charge on any atom is -0.306 e. The van der Waals surface area contributed by atoms with Gasteiger partial charge in [0, 0.05) is 17.7 Å². The van der Waals surface area contributed by atoms with Crippen LogP contribution >= 0.6 is 29.3 Å². The second-order valence-corrected chi connectivity index (χ2v) is 6.97. The van der Waals surface area contributed by atoms with Crippen molar-refractivity contribution in [3.05, 3.63) is 0 Å². The van der Waals surface area contributed by atoms with Gasteiger partial charge < -0.3 is 4.57 Å². The first-order chi connectivity index (χ1) is 4.04. The summed E-state index contributed by atoms with van der Waals surface area (Å²) in [4.78, 5) is 0. The summed E-state index contributed by atoms with van der Waals surface area (Å²) in [5.74, 6) is 0.384. The van der Waals surface area contributed by atoms with Crippen molar-refractivity contribution in [2.75, 3.05) is 12.0 Å². The van der Waals surface area contributed by atoms with Crippen LogP contribution in [0.15, 0.2) is 0 Å². The van der Waals surface area contributed by atoms with Gasteiger partial charge in [0.05, 0.1) is 0 Å². The first-order valence-electron chi connectivity index (χ1n) is 2.89. The highest BCUT2D eigenvalue weighted by Gasteiger charge is 2.23. The van der Waals surface area contributed by atoms with E-state index in [1.807, 2.05) is 13.8 Å². The van der Waals surface area contributed by atoms with Crippen LogP contribution in [0.2, 0.25) is 0 Å². The van der Waals surface area contributed by atoms with E-state index in [9.17, 15) is 4.57 Å². The molecular weight excluding hydrogens is 178 g/mol. The van der Waals surface area contributed by atoms with Gasteiger partial charge in [0.25, 0.3) is 0 Å². The Morgan fingerprint density at radius 1 is 1.67 bits per heavy atom. The third-order valence-corrected chi connectivity index (χ3v) is 6.07. The molecule has 0 N–H and O–H groups in total. The summed E-state index contributed by atoms with van der Waals surface area (Å²) in [5.41, 5.74) is -0.0502. The van der Waals surface area contributed by atoms with E-state index in [1.165, 1.54) is 0 Å². The van der Waals surface area contributed by atoms with E-state index < -0.39 is 6.49 Å². The fourth-order valence-corrected chi connectivity index (χ4v) is 2.33. The number of hydrogen-bond donors (Lipinski definition) is 0. The standard InChI is InChI=1S/C5H11Cl2OP/c1-3-9(7,8)5(2)4-6/h5H,3-4H2,1-2H3. The van der Waals surface area contributed by atoms with Crippen LogP contribution in [0, 0.1) is 0 Å². The summed E-state index contributed by atoms with van der Waals surface area (Å²) < 4.78 is 11.2. The van der Waals surface area contributed by atoms with Gasteiger partial charge in [-0.2, -0.15) is 0 Å². The highest BCUT2D eigenvalue weighted by atomic mass is 35.7. The molecule has 4 heteroatoms. The molecule has 9 heavy (non-hydrogen) atoms. The molecule has 0 aliphatic carbocycles. The Labute approximate surface area is 65.9 Å². The minimum absolute atomic E-state index is 0.0502. The van der Waals surface area contributed by atoms with Gasteiger partial charge in [-0.25, -0.2) is 0 Å². The molecule has 0 saturated heterocycles. The van der Waals surface area contributed by atoms with Crippen LogP contribution < -0.4 is 0 Å². The molecule has 0 rings (SSSR count). The van der Waals surface area contributed by atoms with Crippen molar-refractivity contribution in [3.63, 3.8) is 0 Å². The number of rotatable bonds is 3. The largest absolute Gasteiger partial charge is 0.306 e. The zero-order valence-corrected chi connectivity index (χ0v) is 8.01. The Bertz CT molecular complexity index is 126. The molecule has 0 amide bonds. The second-order valence-electron chi connectivity index (χ2n) is 2.02. The van der Waals surface area contributed by atoms with E-state index in [0.717, 1.165) is 0 Å².